The van der Waals surface area contributed by atoms with Gasteiger partial charge < -0.3 is 38.8 Å². The highest BCUT2D eigenvalue weighted by molar-refractivity contribution is 6.39. The van der Waals surface area contributed by atoms with Gasteiger partial charge in [0.2, 0.25) is 5.79 Å². The van der Waals surface area contributed by atoms with Crippen LogP contribution in [0.25, 0.3) is 0 Å². The van der Waals surface area contributed by atoms with E-state index in [1.807, 2.05) is 58.1 Å². The number of Topliss-reactive ketones (excluding diaryl/α,β-unsaturated/α-hetero) is 3. The molecule has 17 heteroatoms. The highest BCUT2D eigenvalue weighted by Crippen LogP contribution is 2.39. The van der Waals surface area contributed by atoms with Gasteiger partial charge in [0, 0.05) is 58.5 Å². The summed E-state index contributed by atoms with van der Waals surface area (Å²) in [5.74, 6) is -7.91. The molecule has 5 rings (SSSR count). The molecule has 2 bridgehead atoms. The summed E-state index contributed by atoms with van der Waals surface area (Å²) in [6, 6.07) is -1.25. The van der Waals surface area contributed by atoms with Crippen molar-refractivity contribution in [1.29, 1.82) is 0 Å². The molecule has 2 saturated heterocycles. The van der Waals surface area contributed by atoms with E-state index in [0.717, 1.165) is 18.4 Å². The van der Waals surface area contributed by atoms with Crippen molar-refractivity contribution in [3.05, 3.63) is 53.9 Å². The first-order chi connectivity index (χ1) is 32.8. The number of aromatic nitrogens is 4. The summed E-state index contributed by atoms with van der Waals surface area (Å²) in [5, 5.41) is 35.7. The van der Waals surface area contributed by atoms with E-state index >= 15 is 0 Å². The summed E-state index contributed by atoms with van der Waals surface area (Å²) in [5.41, 5.74) is 1.20. The lowest BCUT2D eigenvalue weighted by Crippen LogP contribution is -2.61. The number of rotatable bonds is 7. The summed E-state index contributed by atoms with van der Waals surface area (Å²) in [6.07, 6.45) is 13.7. The number of allylic oxidation sites excluding steroid dienone is 6. The zero-order valence-corrected chi connectivity index (χ0v) is 42.5. The number of methoxy groups -OCH3 is 3. The van der Waals surface area contributed by atoms with E-state index < -0.39 is 77.8 Å². The van der Waals surface area contributed by atoms with Gasteiger partial charge in [-0.05, 0) is 112 Å². The SMILES string of the molecule is CO[C@H]1C[C@@H]2CC[C@@H](C)[C@@](O)(O2)C(=O)C(=O)N2CCCC[C@H]2C(=O)O[C@H]([C@H](C)C[C@@H]2CC[C@@H](n3ncnn3)[C@H](OC)C2)CC(=O)/C(C)=C/C(C)[C@@H](O)[C@@H](OC)C(=O)[C@H](C)C[C@H](C)C=CC=CC=C1C. The molecule has 384 valence electrons. The predicted molar refractivity (Wildman–Crippen MR) is 256 cm³/mol. The van der Waals surface area contributed by atoms with Crippen molar-refractivity contribution in [3.63, 3.8) is 0 Å². The number of piperidine rings is 1. The first-order valence-corrected chi connectivity index (χ1v) is 25.0. The van der Waals surface area contributed by atoms with Crippen LogP contribution in [0.3, 0.4) is 0 Å². The normalized spacial score (nSPS) is 37.1. The molecule has 4 aliphatic rings. The first kappa shape index (κ1) is 55.7. The van der Waals surface area contributed by atoms with Gasteiger partial charge in [-0.1, -0.05) is 71.1 Å². The molecule has 1 aliphatic carbocycles. The zero-order valence-electron chi connectivity index (χ0n) is 42.5. The van der Waals surface area contributed by atoms with Crippen LogP contribution in [0.4, 0.5) is 0 Å². The fourth-order valence-corrected chi connectivity index (χ4v) is 10.7. The lowest BCUT2D eigenvalue weighted by molar-refractivity contribution is -0.265. The Kier molecular flexibility index (Phi) is 20.8. The highest BCUT2D eigenvalue weighted by Gasteiger charge is 2.53. The summed E-state index contributed by atoms with van der Waals surface area (Å²) in [7, 11) is 4.62. The number of carbonyl (C=O) groups is 5. The van der Waals surface area contributed by atoms with E-state index in [0.29, 0.717) is 56.9 Å². The van der Waals surface area contributed by atoms with E-state index in [2.05, 4.69) is 15.4 Å². The molecule has 4 heterocycles. The maximum atomic E-state index is 14.5. The summed E-state index contributed by atoms with van der Waals surface area (Å²) < 4.78 is 29.9. The van der Waals surface area contributed by atoms with Gasteiger partial charge in [0.15, 0.2) is 17.9 Å². The first-order valence-electron chi connectivity index (χ1n) is 25.0. The van der Waals surface area contributed by atoms with Crippen molar-refractivity contribution < 1.29 is 57.9 Å². The van der Waals surface area contributed by atoms with Crippen molar-refractivity contribution in [2.75, 3.05) is 27.9 Å². The number of amides is 1. The van der Waals surface area contributed by atoms with Crippen LogP contribution in [0.2, 0.25) is 0 Å². The largest absolute Gasteiger partial charge is 0.460 e. The Morgan fingerprint density at radius 3 is 2.33 bits per heavy atom. The minimum absolute atomic E-state index is 0.0195. The summed E-state index contributed by atoms with van der Waals surface area (Å²) in [6.45, 7) is 12.8. The molecule has 0 aromatic carbocycles. The lowest BCUT2D eigenvalue weighted by atomic mass is 9.78. The molecule has 2 N–H and O–H groups in total. The van der Waals surface area contributed by atoms with Crippen LogP contribution in [0, 0.1) is 35.5 Å². The van der Waals surface area contributed by atoms with Gasteiger partial charge in [-0.25, -0.2) is 4.79 Å². The Bertz CT molecular complexity index is 2020. The van der Waals surface area contributed by atoms with Gasteiger partial charge in [0.25, 0.3) is 11.7 Å². The molecule has 0 radical (unpaired) electrons. The van der Waals surface area contributed by atoms with Crippen LogP contribution in [0.5, 0.6) is 0 Å². The third kappa shape index (κ3) is 14.2. The number of esters is 1. The quantitative estimate of drug-likeness (QED) is 0.235. The zero-order chi connectivity index (χ0) is 50.6. The van der Waals surface area contributed by atoms with Crippen molar-refractivity contribution in [2.24, 2.45) is 35.5 Å². The molecular weight excluding hydrogens is 887 g/mol. The molecule has 69 heavy (non-hydrogen) atoms. The third-order valence-electron chi connectivity index (χ3n) is 15.2. The number of fused-ring (bicyclic) bond motifs is 3. The predicted octanol–water partition coefficient (Wildman–Crippen LogP) is 6.05. The smallest absolute Gasteiger partial charge is 0.329 e. The maximum absolute atomic E-state index is 14.5. The van der Waals surface area contributed by atoms with Crippen molar-refractivity contribution in [1.82, 2.24) is 25.1 Å². The second kappa shape index (κ2) is 25.7. The molecular formula is C52H79N5O12. The number of tetrazole rings is 1. The second-order valence-electron chi connectivity index (χ2n) is 20.4. The molecule has 15 atom stereocenters. The number of aliphatic hydroxyl groups excluding tert-OH is 1. The summed E-state index contributed by atoms with van der Waals surface area (Å²) in [4.78, 5) is 73.9. The molecule has 1 aromatic rings. The molecule has 3 fully saturated rings. The van der Waals surface area contributed by atoms with Crippen LogP contribution < -0.4 is 0 Å². The van der Waals surface area contributed by atoms with Gasteiger partial charge in [-0.15, -0.1) is 10.2 Å². The Balaban J connectivity index is 1.46. The van der Waals surface area contributed by atoms with Gasteiger partial charge in [0.05, 0.1) is 30.5 Å². The third-order valence-corrected chi connectivity index (χ3v) is 15.2. The molecule has 1 aromatic heterocycles. The average molecular weight is 966 g/mol. The van der Waals surface area contributed by atoms with Gasteiger partial charge in [-0.3, -0.25) is 19.2 Å². The number of ketones is 3. The lowest BCUT2D eigenvalue weighted by Gasteiger charge is -2.42. The second-order valence-corrected chi connectivity index (χ2v) is 20.4. The van der Waals surface area contributed by atoms with Crippen molar-refractivity contribution in [3.8, 4) is 0 Å². The van der Waals surface area contributed by atoms with Crippen LogP contribution in [0.15, 0.2) is 53.9 Å². The minimum Gasteiger partial charge on any atom is -0.460 e. The standard InChI is InChI=1S/C52H79N5O12/c1-31-16-12-11-13-17-32(2)43(65-8)28-39-21-19-37(7)52(64,69-39)49(61)50(62)56-23-15-14-18-41(56)51(63)68-44(34(4)26-38-20-22-40(45(27-38)66-9)57-54-30-53-55-57)29-42(58)33(3)25-36(6)47(60)48(67-10)46(59)35(5)24-31/h11-13,16-17,25,30-31,34-41,43-45,47-48,60,64H,14-15,18-24,26-29H2,1-10H3/b13-11?,16-12?,32-17?,33-25+/t31-,34-,35-,36?,37-,38+,39+,40-,41+,43+,44+,45-,47-,48+,52-/m1/s1. The van der Waals surface area contributed by atoms with Gasteiger partial charge in [-0.2, -0.15) is 4.80 Å². The minimum atomic E-state index is -2.43. The number of hydrogen-bond donors (Lipinski definition) is 2. The molecule has 1 unspecified atom stereocenters. The number of nitrogens with zero attached hydrogens (tertiary/aromatic N) is 5. The Morgan fingerprint density at radius 1 is 0.899 bits per heavy atom. The maximum Gasteiger partial charge on any atom is 0.329 e. The van der Waals surface area contributed by atoms with E-state index in [-0.39, 0.29) is 60.9 Å². The topological polar surface area (TPSA) is 219 Å². The number of hydrogen-bond acceptors (Lipinski definition) is 15. The number of carbonyl (C=O) groups excluding carboxylic acids is 5. The average Bonchev–Trinajstić information content (AvgIpc) is 3.88. The van der Waals surface area contributed by atoms with Gasteiger partial charge in [0.1, 0.15) is 18.2 Å². The number of cyclic esters (lactones) is 1. The van der Waals surface area contributed by atoms with Crippen LogP contribution in [0.1, 0.15) is 132 Å². The molecule has 1 amide bonds. The number of ether oxygens (including phenoxy) is 5. The van der Waals surface area contributed by atoms with Crippen molar-refractivity contribution in [2.45, 2.75) is 180 Å². The Labute approximate surface area is 408 Å². The Hall–Kier alpha value is -4.26. The van der Waals surface area contributed by atoms with Crippen LogP contribution in [-0.4, -0.2) is 141 Å². The van der Waals surface area contributed by atoms with E-state index in [1.165, 1.54) is 18.3 Å². The summed E-state index contributed by atoms with van der Waals surface area (Å²) >= 11 is 0. The molecule has 0 spiro atoms. The molecule has 3 aliphatic heterocycles. The van der Waals surface area contributed by atoms with Crippen LogP contribution >= 0.6 is 0 Å². The molecule has 1 saturated carbocycles. The fraction of sp³-hybridized carbons (Fsp3) is 0.731. The van der Waals surface area contributed by atoms with E-state index in [1.54, 1.807) is 45.9 Å². The monoisotopic (exact) mass is 966 g/mol. The number of aliphatic hydroxyl groups is 2. The van der Waals surface area contributed by atoms with Crippen LogP contribution in [-0.2, 0) is 47.7 Å². The van der Waals surface area contributed by atoms with Gasteiger partial charge >= 0.3 is 5.97 Å². The Morgan fingerprint density at radius 2 is 1.65 bits per heavy atom. The van der Waals surface area contributed by atoms with Crippen molar-refractivity contribution >= 4 is 29.2 Å². The highest BCUT2D eigenvalue weighted by atomic mass is 16.6. The van der Waals surface area contributed by atoms with E-state index in [4.69, 9.17) is 23.7 Å². The van der Waals surface area contributed by atoms with E-state index in [9.17, 15) is 34.2 Å². The molecule has 17 nitrogen and oxygen atoms in total. The fourth-order valence-electron chi connectivity index (χ4n) is 10.7.